The maximum Gasteiger partial charge on any atom is 0.264 e. The van der Waals surface area contributed by atoms with E-state index in [1.165, 1.54) is 0 Å². The Bertz CT molecular complexity index is 1100. The number of allylic oxidation sites excluding steroid dienone is 4. The minimum atomic E-state index is 0.0559. The van der Waals surface area contributed by atoms with E-state index < -0.39 is 0 Å². The van der Waals surface area contributed by atoms with Crippen LogP contribution in [-0.2, 0) is 4.79 Å². The Labute approximate surface area is 184 Å². The van der Waals surface area contributed by atoms with Crippen LogP contribution >= 0.6 is 23.4 Å². The lowest BCUT2D eigenvalue weighted by atomic mass is 9.97. The number of amides is 1. The van der Waals surface area contributed by atoms with Crippen LogP contribution in [0.5, 0.6) is 0 Å². The molecule has 0 spiro atoms. The lowest BCUT2D eigenvalue weighted by molar-refractivity contribution is -0.114. The fourth-order valence-corrected chi connectivity index (χ4v) is 4.82. The van der Waals surface area contributed by atoms with Crippen molar-refractivity contribution in [2.45, 2.75) is 12.8 Å². The van der Waals surface area contributed by atoms with Gasteiger partial charge in [0, 0.05) is 35.3 Å². The zero-order chi connectivity index (χ0) is 20.5. The summed E-state index contributed by atoms with van der Waals surface area (Å²) in [5.41, 5.74) is 2.66. The number of thioether (sulfide) groups is 1. The predicted octanol–water partition coefficient (Wildman–Crippen LogP) is 5.11. The van der Waals surface area contributed by atoms with Gasteiger partial charge in [-0.3, -0.25) is 4.79 Å². The molecular formula is C22H20ClN5OS. The van der Waals surface area contributed by atoms with Crippen LogP contribution in [0.4, 0.5) is 23.1 Å². The summed E-state index contributed by atoms with van der Waals surface area (Å²) in [5, 5.41) is 6.98. The van der Waals surface area contributed by atoms with Crippen LogP contribution in [0.2, 0.25) is 5.02 Å². The first-order chi connectivity index (χ1) is 14.7. The highest BCUT2D eigenvalue weighted by molar-refractivity contribution is 8.04. The summed E-state index contributed by atoms with van der Waals surface area (Å²) in [6.07, 6.45) is 11.5. The molecule has 2 aromatic rings. The molecule has 6 nitrogen and oxygen atoms in total. The first-order valence-electron chi connectivity index (χ1n) is 9.84. The maximum atomic E-state index is 13.4. The third-order valence-electron chi connectivity index (χ3n) is 5.18. The molecule has 152 valence electrons. The van der Waals surface area contributed by atoms with Crippen molar-refractivity contribution in [2.24, 2.45) is 5.92 Å². The number of rotatable bonds is 1. The summed E-state index contributed by atoms with van der Waals surface area (Å²) in [4.78, 5) is 24.9. The van der Waals surface area contributed by atoms with Crippen LogP contribution < -0.4 is 15.5 Å². The Morgan fingerprint density at radius 1 is 1.30 bits per heavy atom. The molecule has 3 aliphatic rings. The van der Waals surface area contributed by atoms with Crippen molar-refractivity contribution in [3.8, 4) is 0 Å². The molecule has 1 amide bonds. The van der Waals surface area contributed by atoms with Gasteiger partial charge in [-0.1, -0.05) is 35.9 Å². The van der Waals surface area contributed by atoms with Gasteiger partial charge in [0.25, 0.3) is 5.91 Å². The van der Waals surface area contributed by atoms with E-state index in [1.807, 2.05) is 47.4 Å². The second kappa shape index (κ2) is 8.16. The number of halogens is 1. The van der Waals surface area contributed by atoms with Crippen LogP contribution in [0.1, 0.15) is 12.8 Å². The minimum absolute atomic E-state index is 0.0559. The van der Waals surface area contributed by atoms with E-state index in [-0.39, 0.29) is 11.8 Å². The molecule has 1 aliphatic carbocycles. The van der Waals surface area contributed by atoms with Crippen molar-refractivity contribution in [3.63, 3.8) is 0 Å². The van der Waals surface area contributed by atoms with Gasteiger partial charge in [0.15, 0.2) is 5.82 Å². The molecule has 30 heavy (non-hydrogen) atoms. The van der Waals surface area contributed by atoms with Crippen molar-refractivity contribution >= 4 is 52.4 Å². The molecule has 2 N–H and O–H groups in total. The average Bonchev–Trinajstić information content (AvgIpc) is 3.29. The van der Waals surface area contributed by atoms with Gasteiger partial charge in [0.1, 0.15) is 5.02 Å². The Kier molecular flexibility index (Phi) is 5.23. The molecule has 1 atom stereocenters. The van der Waals surface area contributed by atoms with Crippen molar-refractivity contribution in [2.75, 3.05) is 27.8 Å². The molecule has 0 radical (unpaired) electrons. The first kappa shape index (κ1) is 19.2. The van der Waals surface area contributed by atoms with E-state index >= 15 is 0 Å². The number of hydrogen-bond acceptors (Lipinski definition) is 6. The van der Waals surface area contributed by atoms with Gasteiger partial charge in [-0.15, -0.1) is 11.8 Å². The summed E-state index contributed by atoms with van der Waals surface area (Å²) < 4.78 is 0. The van der Waals surface area contributed by atoms with Crippen molar-refractivity contribution < 1.29 is 4.79 Å². The Morgan fingerprint density at radius 2 is 2.23 bits per heavy atom. The summed E-state index contributed by atoms with van der Waals surface area (Å²) in [6, 6.07) is 7.80. The topological polar surface area (TPSA) is 70.2 Å². The molecule has 2 aliphatic heterocycles. The number of carbonyl (C=O) groups excluding carboxylic acids is 1. The van der Waals surface area contributed by atoms with Crippen LogP contribution in [0.3, 0.4) is 0 Å². The third kappa shape index (κ3) is 3.95. The number of nitrogens with one attached hydrogen (secondary N) is 2. The molecule has 1 aromatic heterocycles. The molecule has 1 aromatic carbocycles. The Hall–Kier alpha value is -2.77. The van der Waals surface area contributed by atoms with Crippen molar-refractivity contribution in [1.82, 2.24) is 9.97 Å². The van der Waals surface area contributed by atoms with E-state index in [0.29, 0.717) is 23.3 Å². The monoisotopic (exact) mass is 437 g/mol. The number of aromatic nitrogens is 2. The Morgan fingerprint density at radius 3 is 3.10 bits per heavy atom. The summed E-state index contributed by atoms with van der Waals surface area (Å²) in [7, 11) is 0. The number of nitrogens with zero attached hydrogens (tertiary/aromatic N) is 3. The molecule has 8 heteroatoms. The second-order valence-corrected chi connectivity index (χ2v) is 8.90. The van der Waals surface area contributed by atoms with E-state index in [0.717, 1.165) is 40.6 Å². The summed E-state index contributed by atoms with van der Waals surface area (Å²) in [6.45, 7) is 0.592. The van der Waals surface area contributed by atoms with Crippen LogP contribution in [0.15, 0.2) is 65.4 Å². The molecule has 3 heterocycles. The van der Waals surface area contributed by atoms with Gasteiger partial charge in [-0.2, -0.15) is 4.98 Å². The van der Waals surface area contributed by atoms with E-state index in [1.54, 1.807) is 18.0 Å². The Balaban J connectivity index is 1.58. The van der Waals surface area contributed by atoms with E-state index in [9.17, 15) is 4.79 Å². The van der Waals surface area contributed by atoms with Crippen LogP contribution in [-0.4, -0.2) is 28.2 Å². The van der Waals surface area contributed by atoms with Crippen LogP contribution in [0, 0.1) is 5.92 Å². The number of carbonyl (C=O) groups is 1. The SMILES string of the molecule is O=C(C1=CCCS1)N1CC2C=CC=C(C2)Nc2ncc(Cl)c(n2)Nc2cccc1c2. The largest absolute Gasteiger partial charge is 0.339 e. The minimum Gasteiger partial charge on any atom is -0.339 e. The van der Waals surface area contributed by atoms with Gasteiger partial charge in [-0.25, -0.2) is 4.98 Å². The lowest BCUT2D eigenvalue weighted by Gasteiger charge is -2.28. The highest BCUT2D eigenvalue weighted by atomic mass is 35.5. The maximum absolute atomic E-state index is 13.4. The fraction of sp³-hybridized carbons (Fsp3) is 0.227. The number of fused-ring (bicyclic) bond motifs is 6. The first-order valence-corrected chi connectivity index (χ1v) is 11.2. The zero-order valence-electron chi connectivity index (χ0n) is 16.1. The number of anilines is 4. The molecule has 0 saturated carbocycles. The zero-order valence-corrected chi connectivity index (χ0v) is 17.7. The lowest BCUT2D eigenvalue weighted by Crippen LogP contribution is -2.36. The standard InChI is InChI=1S/C22H20ClN5OS/c23-18-12-24-22-26-15-5-1-4-14(10-15)13-28(21(29)19-8-3-9-30-19)17-7-2-6-16(11-17)25-20(18)27-22/h1-2,4-8,11-12,14H,3,9-10,13H2,(H2,24,25,26,27). The molecule has 0 fully saturated rings. The average molecular weight is 438 g/mol. The predicted molar refractivity (Wildman–Crippen MR) is 123 cm³/mol. The summed E-state index contributed by atoms with van der Waals surface area (Å²) in [5.74, 6) is 2.20. The summed E-state index contributed by atoms with van der Waals surface area (Å²) >= 11 is 7.95. The number of hydrogen-bond donors (Lipinski definition) is 2. The van der Waals surface area contributed by atoms with Gasteiger partial charge in [0.2, 0.25) is 5.95 Å². The third-order valence-corrected chi connectivity index (χ3v) is 6.55. The normalized spacial score (nSPS) is 20.0. The quantitative estimate of drug-likeness (QED) is 0.645. The second-order valence-electron chi connectivity index (χ2n) is 7.35. The molecular weight excluding hydrogens is 418 g/mol. The molecule has 5 rings (SSSR count). The van der Waals surface area contributed by atoms with Crippen molar-refractivity contribution in [3.05, 3.63) is 70.4 Å². The van der Waals surface area contributed by atoms with E-state index in [2.05, 4.69) is 26.7 Å². The highest BCUT2D eigenvalue weighted by Crippen LogP contribution is 2.33. The van der Waals surface area contributed by atoms with E-state index in [4.69, 9.17) is 11.6 Å². The molecule has 6 bridgehead atoms. The fourth-order valence-electron chi connectivity index (χ4n) is 3.75. The van der Waals surface area contributed by atoms with Gasteiger partial charge < -0.3 is 15.5 Å². The van der Waals surface area contributed by atoms with Gasteiger partial charge in [0.05, 0.1) is 11.1 Å². The van der Waals surface area contributed by atoms with Crippen LogP contribution in [0.25, 0.3) is 0 Å². The van der Waals surface area contributed by atoms with Gasteiger partial charge >= 0.3 is 0 Å². The molecule has 0 saturated heterocycles. The highest BCUT2D eigenvalue weighted by Gasteiger charge is 2.26. The molecule has 1 unspecified atom stereocenters. The van der Waals surface area contributed by atoms with Crippen molar-refractivity contribution in [1.29, 1.82) is 0 Å². The number of benzene rings is 1. The van der Waals surface area contributed by atoms with Gasteiger partial charge in [-0.05, 0) is 37.1 Å². The smallest absolute Gasteiger partial charge is 0.264 e.